The molecule has 2 aromatic rings. The van der Waals surface area contributed by atoms with Crippen molar-refractivity contribution >= 4 is 11.7 Å². The van der Waals surface area contributed by atoms with E-state index in [-0.39, 0.29) is 24.2 Å². The molecule has 0 aromatic heterocycles. The molecule has 1 aliphatic heterocycles. The number of carbonyl (C=O) groups is 2. The number of nitrogens with zero attached hydrogens (tertiary/aromatic N) is 1. The third kappa shape index (κ3) is 4.80. The van der Waals surface area contributed by atoms with E-state index in [1.807, 2.05) is 48.2 Å². The van der Waals surface area contributed by atoms with Gasteiger partial charge >= 0.3 is 0 Å². The van der Waals surface area contributed by atoms with Crippen LogP contribution in [0.4, 0.5) is 0 Å². The molecule has 1 fully saturated rings. The van der Waals surface area contributed by atoms with Gasteiger partial charge in [0.2, 0.25) is 0 Å². The smallest absolute Gasteiger partial charge is 0.260 e. The molecule has 4 heteroatoms. The van der Waals surface area contributed by atoms with E-state index >= 15 is 0 Å². The molecule has 2 aromatic carbocycles. The zero-order chi connectivity index (χ0) is 20.1. The van der Waals surface area contributed by atoms with Gasteiger partial charge < -0.3 is 9.64 Å². The highest BCUT2D eigenvalue weighted by molar-refractivity contribution is 5.98. The van der Waals surface area contributed by atoms with Crippen LogP contribution in [0.3, 0.4) is 0 Å². The van der Waals surface area contributed by atoms with E-state index in [4.69, 9.17) is 4.74 Å². The first-order valence-electron chi connectivity index (χ1n) is 10.1. The SMILES string of the molecule is Cc1ccc(C(C)C)c(OCC(=O)N2CCC(C(=O)c3ccccc3)CC2)c1. The number of likely N-dealkylation sites (tertiary alicyclic amines) is 1. The Kier molecular flexibility index (Phi) is 6.50. The lowest BCUT2D eigenvalue weighted by atomic mass is 9.89. The average Bonchev–Trinajstić information content (AvgIpc) is 2.72. The first-order valence-corrected chi connectivity index (χ1v) is 10.1. The van der Waals surface area contributed by atoms with Crippen LogP contribution in [0.25, 0.3) is 0 Å². The van der Waals surface area contributed by atoms with Crippen LogP contribution in [0.1, 0.15) is 54.1 Å². The number of ether oxygens (including phenoxy) is 1. The van der Waals surface area contributed by atoms with E-state index < -0.39 is 0 Å². The van der Waals surface area contributed by atoms with Crippen molar-refractivity contribution in [3.05, 3.63) is 65.2 Å². The fraction of sp³-hybridized carbons (Fsp3) is 0.417. The van der Waals surface area contributed by atoms with Crippen LogP contribution in [-0.4, -0.2) is 36.3 Å². The van der Waals surface area contributed by atoms with Gasteiger partial charge in [-0.2, -0.15) is 0 Å². The van der Waals surface area contributed by atoms with Crippen molar-refractivity contribution in [3.8, 4) is 5.75 Å². The molecular weight excluding hydrogens is 350 g/mol. The van der Waals surface area contributed by atoms with E-state index in [9.17, 15) is 9.59 Å². The number of rotatable bonds is 6. The molecule has 0 N–H and O–H groups in total. The first kappa shape index (κ1) is 20.1. The molecular formula is C24H29NO3. The van der Waals surface area contributed by atoms with Gasteiger partial charge in [0.05, 0.1) is 0 Å². The lowest BCUT2D eigenvalue weighted by Gasteiger charge is -2.31. The van der Waals surface area contributed by atoms with Crippen molar-refractivity contribution in [2.45, 2.75) is 39.5 Å². The van der Waals surface area contributed by atoms with E-state index in [2.05, 4.69) is 26.0 Å². The quantitative estimate of drug-likeness (QED) is 0.688. The number of aryl methyl sites for hydroxylation is 1. The topological polar surface area (TPSA) is 46.6 Å². The van der Waals surface area contributed by atoms with Crippen LogP contribution in [0.5, 0.6) is 5.75 Å². The van der Waals surface area contributed by atoms with Gasteiger partial charge in [0.1, 0.15) is 5.75 Å². The Morgan fingerprint density at radius 2 is 1.75 bits per heavy atom. The molecule has 148 valence electrons. The van der Waals surface area contributed by atoms with Crippen molar-refractivity contribution in [1.29, 1.82) is 0 Å². The monoisotopic (exact) mass is 379 g/mol. The highest BCUT2D eigenvalue weighted by atomic mass is 16.5. The molecule has 1 aliphatic rings. The molecule has 4 nitrogen and oxygen atoms in total. The number of carbonyl (C=O) groups excluding carboxylic acids is 2. The number of hydrogen-bond acceptors (Lipinski definition) is 3. The second kappa shape index (κ2) is 9.05. The zero-order valence-corrected chi connectivity index (χ0v) is 17.0. The van der Waals surface area contributed by atoms with Gasteiger partial charge in [0.15, 0.2) is 12.4 Å². The van der Waals surface area contributed by atoms with Crippen LogP contribution in [0.15, 0.2) is 48.5 Å². The number of Topliss-reactive ketones (excluding diaryl/α,β-unsaturated/α-hetero) is 1. The second-order valence-electron chi connectivity index (χ2n) is 7.87. The fourth-order valence-electron chi connectivity index (χ4n) is 3.70. The van der Waals surface area contributed by atoms with Gasteiger partial charge in [0.25, 0.3) is 5.91 Å². The van der Waals surface area contributed by atoms with Crippen LogP contribution >= 0.6 is 0 Å². The first-order chi connectivity index (χ1) is 13.5. The summed E-state index contributed by atoms with van der Waals surface area (Å²) in [6, 6.07) is 15.5. The maximum absolute atomic E-state index is 12.6. The van der Waals surface area contributed by atoms with Crippen LogP contribution in [-0.2, 0) is 4.79 Å². The third-order valence-electron chi connectivity index (χ3n) is 5.42. The highest BCUT2D eigenvalue weighted by Gasteiger charge is 2.28. The third-order valence-corrected chi connectivity index (χ3v) is 5.42. The Morgan fingerprint density at radius 1 is 1.07 bits per heavy atom. The Hall–Kier alpha value is -2.62. The summed E-state index contributed by atoms with van der Waals surface area (Å²) in [4.78, 5) is 27.0. The van der Waals surface area contributed by atoms with E-state index in [0.29, 0.717) is 31.8 Å². The number of piperidine rings is 1. The van der Waals surface area contributed by atoms with Gasteiger partial charge in [0, 0.05) is 24.6 Å². The molecule has 0 saturated carbocycles. The summed E-state index contributed by atoms with van der Waals surface area (Å²) in [5.41, 5.74) is 2.99. The standard InChI is InChI=1S/C24H29NO3/c1-17(2)21-10-9-18(3)15-22(21)28-16-23(26)25-13-11-20(12-14-25)24(27)19-7-5-4-6-8-19/h4-10,15,17,20H,11-14,16H2,1-3H3. The molecule has 1 saturated heterocycles. The summed E-state index contributed by atoms with van der Waals surface area (Å²) >= 11 is 0. The van der Waals surface area contributed by atoms with Crippen LogP contribution < -0.4 is 4.74 Å². The van der Waals surface area contributed by atoms with Crippen LogP contribution in [0.2, 0.25) is 0 Å². The van der Waals surface area contributed by atoms with Crippen molar-refractivity contribution in [3.63, 3.8) is 0 Å². The van der Waals surface area contributed by atoms with Crippen molar-refractivity contribution in [2.24, 2.45) is 5.92 Å². The zero-order valence-electron chi connectivity index (χ0n) is 17.0. The minimum Gasteiger partial charge on any atom is -0.483 e. The largest absolute Gasteiger partial charge is 0.483 e. The fourth-order valence-corrected chi connectivity index (χ4v) is 3.70. The number of hydrogen-bond donors (Lipinski definition) is 0. The number of amides is 1. The average molecular weight is 380 g/mol. The Morgan fingerprint density at radius 3 is 2.39 bits per heavy atom. The van der Waals surface area contributed by atoms with Crippen molar-refractivity contribution < 1.29 is 14.3 Å². The summed E-state index contributed by atoms with van der Waals surface area (Å²) in [6.07, 6.45) is 1.42. The maximum Gasteiger partial charge on any atom is 0.260 e. The molecule has 0 aliphatic carbocycles. The van der Waals surface area contributed by atoms with Gasteiger partial charge in [-0.15, -0.1) is 0 Å². The van der Waals surface area contributed by atoms with Crippen molar-refractivity contribution in [1.82, 2.24) is 4.90 Å². The van der Waals surface area contributed by atoms with Gasteiger partial charge in [-0.3, -0.25) is 9.59 Å². The van der Waals surface area contributed by atoms with E-state index in [1.165, 1.54) is 0 Å². The minimum absolute atomic E-state index is 0.00307. The molecule has 28 heavy (non-hydrogen) atoms. The summed E-state index contributed by atoms with van der Waals surface area (Å²) in [7, 11) is 0. The highest BCUT2D eigenvalue weighted by Crippen LogP contribution is 2.28. The Bertz CT molecular complexity index is 821. The van der Waals surface area contributed by atoms with E-state index in [1.54, 1.807) is 0 Å². The predicted molar refractivity (Wildman–Crippen MR) is 111 cm³/mol. The summed E-state index contributed by atoms with van der Waals surface area (Å²) < 4.78 is 5.88. The Balaban J connectivity index is 1.53. The van der Waals surface area contributed by atoms with Gasteiger partial charge in [-0.05, 0) is 42.9 Å². The lowest BCUT2D eigenvalue weighted by molar-refractivity contribution is -0.134. The van der Waals surface area contributed by atoms with Crippen molar-refractivity contribution in [2.75, 3.05) is 19.7 Å². The second-order valence-corrected chi connectivity index (χ2v) is 7.87. The van der Waals surface area contributed by atoms with E-state index in [0.717, 1.165) is 22.4 Å². The summed E-state index contributed by atoms with van der Waals surface area (Å²) in [5.74, 6) is 1.30. The van der Waals surface area contributed by atoms with Gasteiger partial charge in [-0.25, -0.2) is 0 Å². The molecule has 1 heterocycles. The number of benzene rings is 2. The molecule has 3 rings (SSSR count). The minimum atomic E-state index is -0.0122. The Labute approximate surface area is 167 Å². The normalized spacial score (nSPS) is 14.9. The summed E-state index contributed by atoms with van der Waals surface area (Å²) in [5, 5.41) is 0. The number of ketones is 1. The lowest BCUT2D eigenvalue weighted by Crippen LogP contribution is -2.42. The molecule has 0 radical (unpaired) electrons. The van der Waals surface area contributed by atoms with Gasteiger partial charge in [-0.1, -0.05) is 56.3 Å². The summed E-state index contributed by atoms with van der Waals surface area (Å²) in [6.45, 7) is 7.52. The predicted octanol–water partition coefficient (Wildman–Crippen LogP) is 4.62. The molecule has 1 amide bonds. The molecule has 0 bridgehead atoms. The maximum atomic E-state index is 12.6. The molecule has 0 spiro atoms. The molecule has 0 unspecified atom stereocenters. The van der Waals surface area contributed by atoms with Crippen LogP contribution in [0, 0.1) is 12.8 Å². The molecule has 0 atom stereocenters.